The predicted octanol–water partition coefficient (Wildman–Crippen LogP) is -0.943. The van der Waals surface area contributed by atoms with Crippen LogP contribution in [0.1, 0.15) is 19.3 Å². The zero-order valence-corrected chi connectivity index (χ0v) is 11.3. The summed E-state index contributed by atoms with van der Waals surface area (Å²) in [4.78, 5) is 11.6. The van der Waals surface area contributed by atoms with E-state index in [-0.39, 0.29) is 18.7 Å². The van der Waals surface area contributed by atoms with Gasteiger partial charge in [0.05, 0.1) is 6.61 Å². The highest BCUT2D eigenvalue weighted by atomic mass is 32.2. The monoisotopic (exact) mass is 276 g/mol. The molecule has 1 saturated carbocycles. The molecule has 7 heteroatoms. The molecule has 1 aliphatic carbocycles. The Morgan fingerprint density at radius 3 is 2.67 bits per heavy atom. The number of rotatable bonds is 5. The Hall–Kier alpha value is -0.660. The molecule has 0 aromatic heterocycles. The Balaban J connectivity index is 1.96. The molecule has 2 aliphatic rings. The smallest absolute Gasteiger partial charge is 0.235 e. The average molecular weight is 276 g/mol. The van der Waals surface area contributed by atoms with E-state index >= 15 is 0 Å². The minimum absolute atomic E-state index is 0.127. The van der Waals surface area contributed by atoms with Crippen molar-refractivity contribution in [1.82, 2.24) is 10.6 Å². The summed E-state index contributed by atoms with van der Waals surface area (Å²) in [6.07, 6.45) is 2.57. The molecule has 0 aromatic carbocycles. The van der Waals surface area contributed by atoms with Crippen LogP contribution in [0.25, 0.3) is 0 Å². The summed E-state index contributed by atoms with van der Waals surface area (Å²) in [6.45, 7) is 0.732. The molecule has 0 bridgehead atoms. The van der Waals surface area contributed by atoms with Gasteiger partial charge >= 0.3 is 0 Å². The van der Waals surface area contributed by atoms with Crippen molar-refractivity contribution in [2.75, 3.05) is 26.0 Å². The van der Waals surface area contributed by atoms with Gasteiger partial charge in [0.2, 0.25) is 5.91 Å². The summed E-state index contributed by atoms with van der Waals surface area (Å²) in [5, 5.41) is 5.07. The molecule has 104 valence electrons. The fourth-order valence-electron chi connectivity index (χ4n) is 2.18. The van der Waals surface area contributed by atoms with Gasteiger partial charge in [0.1, 0.15) is 11.0 Å². The van der Waals surface area contributed by atoms with Crippen LogP contribution in [0.2, 0.25) is 0 Å². The second kappa shape index (κ2) is 5.54. The summed E-state index contributed by atoms with van der Waals surface area (Å²) in [5.74, 6) is -0.826. The summed E-state index contributed by atoms with van der Waals surface area (Å²) >= 11 is 0. The zero-order chi connectivity index (χ0) is 13.2. The third-order valence-corrected chi connectivity index (χ3v) is 5.46. The van der Waals surface area contributed by atoms with Crippen molar-refractivity contribution in [1.29, 1.82) is 0 Å². The van der Waals surface area contributed by atoms with Gasteiger partial charge < -0.3 is 15.4 Å². The Morgan fingerprint density at radius 2 is 2.06 bits per heavy atom. The first-order valence-electron chi connectivity index (χ1n) is 6.29. The molecule has 2 N–H and O–H groups in total. The van der Waals surface area contributed by atoms with Crippen molar-refractivity contribution < 1.29 is 17.9 Å². The van der Waals surface area contributed by atoms with E-state index in [1.807, 2.05) is 0 Å². The van der Waals surface area contributed by atoms with Gasteiger partial charge in [-0.15, -0.1) is 0 Å². The van der Waals surface area contributed by atoms with Crippen LogP contribution < -0.4 is 10.6 Å². The number of nitrogens with one attached hydrogen (secondary N) is 2. The SMILES string of the molecule is CNC1CCOCC1S(=O)(=O)CC(=O)NC1CC1. The van der Waals surface area contributed by atoms with Crippen LogP contribution in [-0.4, -0.2) is 57.7 Å². The minimum Gasteiger partial charge on any atom is -0.380 e. The lowest BCUT2D eigenvalue weighted by molar-refractivity contribution is -0.118. The molecule has 2 atom stereocenters. The van der Waals surface area contributed by atoms with Crippen molar-refractivity contribution in [3.63, 3.8) is 0 Å². The van der Waals surface area contributed by atoms with Crippen LogP contribution in [0.5, 0.6) is 0 Å². The topological polar surface area (TPSA) is 84.5 Å². The summed E-state index contributed by atoms with van der Waals surface area (Å²) in [6, 6.07) is 0.0628. The molecule has 0 radical (unpaired) electrons. The Kier molecular flexibility index (Phi) is 4.24. The van der Waals surface area contributed by atoms with Crippen molar-refractivity contribution in [3.8, 4) is 0 Å². The highest BCUT2D eigenvalue weighted by molar-refractivity contribution is 7.92. The third kappa shape index (κ3) is 3.43. The second-order valence-corrected chi connectivity index (χ2v) is 7.17. The minimum atomic E-state index is -3.46. The van der Waals surface area contributed by atoms with Crippen LogP contribution in [0.3, 0.4) is 0 Å². The quantitative estimate of drug-likeness (QED) is 0.677. The van der Waals surface area contributed by atoms with Crippen LogP contribution >= 0.6 is 0 Å². The van der Waals surface area contributed by atoms with Gasteiger partial charge in [0.15, 0.2) is 9.84 Å². The molecule has 2 fully saturated rings. The molecule has 2 rings (SSSR count). The van der Waals surface area contributed by atoms with Gasteiger partial charge in [-0.05, 0) is 26.3 Å². The number of amides is 1. The first kappa shape index (κ1) is 13.8. The largest absolute Gasteiger partial charge is 0.380 e. The fraction of sp³-hybridized carbons (Fsp3) is 0.909. The van der Waals surface area contributed by atoms with Crippen LogP contribution in [0.15, 0.2) is 0 Å². The standard InChI is InChI=1S/C11H20N2O4S/c1-12-9-4-5-17-6-10(9)18(15,16)7-11(14)13-8-2-3-8/h8-10,12H,2-7H2,1H3,(H,13,14). The second-order valence-electron chi connectivity index (χ2n) is 4.95. The number of carbonyl (C=O) groups excluding carboxylic acids is 1. The molecule has 0 aromatic rings. The van der Waals surface area contributed by atoms with Crippen LogP contribution in [0.4, 0.5) is 0 Å². The first-order chi connectivity index (χ1) is 8.53. The lowest BCUT2D eigenvalue weighted by Gasteiger charge is -2.30. The molecule has 1 amide bonds. The third-order valence-electron chi connectivity index (χ3n) is 3.41. The maximum atomic E-state index is 12.2. The van der Waals surface area contributed by atoms with E-state index in [0.29, 0.717) is 13.0 Å². The molecular formula is C11H20N2O4S. The number of carbonyl (C=O) groups is 1. The maximum absolute atomic E-state index is 12.2. The van der Waals surface area contributed by atoms with E-state index in [1.54, 1.807) is 7.05 Å². The number of hydrogen-bond acceptors (Lipinski definition) is 5. The molecule has 1 aliphatic heterocycles. The number of sulfone groups is 1. The predicted molar refractivity (Wildman–Crippen MR) is 67.0 cm³/mol. The summed E-state index contributed by atoms with van der Waals surface area (Å²) in [5.41, 5.74) is 0. The molecule has 0 spiro atoms. The van der Waals surface area contributed by atoms with Gasteiger partial charge in [0.25, 0.3) is 0 Å². The Bertz CT molecular complexity index is 405. The van der Waals surface area contributed by atoms with Gasteiger partial charge in [0, 0.05) is 18.7 Å². The molecule has 1 heterocycles. The highest BCUT2D eigenvalue weighted by Gasteiger charge is 2.37. The van der Waals surface area contributed by atoms with Gasteiger partial charge in [-0.2, -0.15) is 0 Å². The molecule has 2 unspecified atom stereocenters. The maximum Gasteiger partial charge on any atom is 0.235 e. The van der Waals surface area contributed by atoms with E-state index in [9.17, 15) is 13.2 Å². The number of ether oxygens (including phenoxy) is 1. The Morgan fingerprint density at radius 1 is 1.33 bits per heavy atom. The van der Waals surface area contributed by atoms with Gasteiger partial charge in [-0.1, -0.05) is 0 Å². The zero-order valence-electron chi connectivity index (χ0n) is 10.5. The fourth-order valence-corrected chi connectivity index (χ4v) is 3.92. The van der Waals surface area contributed by atoms with Crippen LogP contribution in [0, 0.1) is 0 Å². The first-order valence-corrected chi connectivity index (χ1v) is 8.00. The van der Waals surface area contributed by atoms with E-state index in [0.717, 1.165) is 12.8 Å². The van der Waals surface area contributed by atoms with E-state index in [4.69, 9.17) is 4.74 Å². The highest BCUT2D eigenvalue weighted by Crippen LogP contribution is 2.20. The van der Waals surface area contributed by atoms with E-state index in [1.165, 1.54) is 0 Å². The molecule has 18 heavy (non-hydrogen) atoms. The summed E-state index contributed by atoms with van der Waals surface area (Å²) < 4.78 is 29.6. The molecular weight excluding hydrogens is 256 g/mol. The van der Waals surface area contributed by atoms with Gasteiger partial charge in [-0.3, -0.25) is 4.79 Å². The van der Waals surface area contributed by atoms with E-state index < -0.39 is 26.7 Å². The van der Waals surface area contributed by atoms with Crippen molar-refractivity contribution in [2.24, 2.45) is 0 Å². The lowest BCUT2D eigenvalue weighted by Crippen LogP contribution is -2.51. The van der Waals surface area contributed by atoms with Crippen molar-refractivity contribution >= 4 is 15.7 Å². The van der Waals surface area contributed by atoms with Crippen molar-refractivity contribution in [3.05, 3.63) is 0 Å². The normalized spacial score (nSPS) is 28.9. The number of hydrogen-bond donors (Lipinski definition) is 2. The molecule has 6 nitrogen and oxygen atoms in total. The Labute approximate surface area is 107 Å². The van der Waals surface area contributed by atoms with Gasteiger partial charge in [-0.25, -0.2) is 8.42 Å². The van der Waals surface area contributed by atoms with Crippen LogP contribution in [-0.2, 0) is 19.4 Å². The molecule has 1 saturated heterocycles. The van der Waals surface area contributed by atoms with Crippen molar-refractivity contribution in [2.45, 2.75) is 36.6 Å². The van der Waals surface area contributed by atoms with E-state index in [2.05, 4.69) is 10.6 Å². The lowest BCUT2D eigenvalue weighted by atomic mass is 10.1. The summed E-state index contributed by atoms with van der Waals surface area (Å²) in [7, 11) is -1.72. The average Bonchev–Trinajstić information content (AvgIpc) is 3.12.